The summed E-state index contributed by atoms with van der Waals surface area (Å²) in [5, 5.41) is 2.96. The first-order chi connectivity index (χ1) is 9.06. The molecule has 3 nitrogen and oxygen atoms in total. The van der Waals surface area contributed by atoms with Crippen LogP contribution in [0.2, 0.25) is 0 Å². The van der Waals surface area contributed by atoms with E-state index in [4.69, 9.17) is 4.74 Å². The molecule has 0 bridgehead atoms. The Morgan fingerprint density at radius 1 is 1.37 bits per heavy atom. The first-order valence-corrected chi connectivity index (χ1v) is 7.54. The Morgan fingerprint density at radius 3 is 2.63 bits per heavy atom. The maximum absolute atomic E-state index is 12.0. The molecular formula is C15H20BrNO2. The van der Waals surface area contributed by atoms with E-state index in [1.165, 1.54) is 0 Å². The highest BCUT2D eigenvalue weighted by molar-refractivity contribution is 9.10. The van der Waals surface area contributed by atoms with Gasteiger partial charge in [-0.3, -0.25) is 4.79 Å². The summed E-state index contributed by atoms with van der Waals surface area (Å²) in [4.78, 5) is 12.0. The minimum absolute atomic E-state index is 0.0352. The van der Waals surface area contributed by atoms with Crippen molar-refractivity contribution in [3.05, 3.63) is 27.7 Å². The van der Waals surface area contributed by atoms with Crippen molar-refractivity contribution >= 4 is 27.5 Å². The van der Waals surface area contributed by atoms with Gasteiger partial charge in [-0.2, -0.15) is 0 Å². The lowest BCUT2D eigenvalue weighted by molar-refractivity contribution is -0.119. The smallest absolute Gasteiger partial charge is 0.226 e. The van der Waals surface area contributed by atoms with Crippen molar-refractivity contribution in [3.8, 4) is 0 Å². The van der Waals surface area contributed by atoms with Crippen LogP contribution in [-0.2, 0) is 9.53 Å². The van der Waals surface area contributed by atoms with Gasteiger partial charge < -0.3 is 10.1 Å². The average molecular weight is 326 g/mol. The van der Waals surface area contributed by atoms with Crippen LogP contribution >= 0.6 is 15.9 Å². The van der Waals surface area contributed by atoms with Gasteiger partial charge in [-0.05, 0) is 56.4 Å². The molecule has 4 heteroatoms. The van der Waals surface area contributed by atoms with Crippen LogP contribution in [0.3, 0.4) is 0 Å². The van der Waals surface area contributed by atoms with Crippen LogP contribution in [0.4, 0.5) is 5.69 Å². The van der Waals surface area contributed by atoms with Gasteiger partial charge in [0.15, 0.2) is 0 Å². The number of carbonyl (C=O) groups is 1. The highest BCUT2D eigenvalue weighted by atomic mass is 79.9. The molecular weight excluding hydrogens is 306 g/mol. The molecule has 2 rings (SSSR count). The molecule has 1 saturated heterocycles. The molecule has 104 valence electrons. The van der Waals surface area contributed by atoms with E-state index in [-0.39, 0.29) is 12.0 Å². The van der Waals surface area contributed by atoms with E-state index in [9.17, 15) is 4.79 Å². The summed E-state index contributed by atoms with van der Waals surface area (Å²) in [6.45, 7) is 4.84. The van der Waals surface area contributed by atoms with E-state index >= 15 is 0 Å². The minimum atomic E-state index is 0.0352. The molecule has 0 aliphatic carbocycles. The predicted octanol–water partition coefficient (Wildman–Crippen LogP) is 3.96. The van der Waals surface area contributed by atoms with E-state index in [1.807, 2.05) is 26.0 Å². The van der Waals surface area contributed by atoms with Crippen LogP contribution in [0.15, 0.2) is 16.6 Å². The summed E-state index contributed by atoms with van der Waals surface area (Å²) >= 11 is 3.53. The van der Waals surface area contributed by atoms with Crippen molar-refractivity contribution < 1.29 is 9.53 Å². The summed E-state index contributed by atoms with van der Waals surface area (Å²) < 4.78 is 6.68. The molecule has 1 aliphatic rings. The fraction of sp³-hybridized carbons (Fsp3) is 0.533. The summed E-state index contributed by atoms with van der Waals surface area (Å²) in [7, 11) is 0. The van der Waals surface area contributed by atoms with Crippen molar-refractivity contribution in [2.24, 2.45) is 0 Å². The summed E-state index contributed by atoms with van der Waals surface area (Å²) in [6, 6.07) is 3.97. The maximum Gasteiger partial charge on any atom is 0.226 e. The van der Waals surface area contributed by atoms with E-state index < -0.39 is 0 Å². The van der Waals surface area contributed by atoms with Crippen LogP contribution in [-0.4, -0.2) is 18.6 Å². The highest BCUT2D eigenvalue weighted by Crippen LogP contribution is 2.25. The number of amides is 1. The fourth-order valence-corrected chi connectivity index (χ4v) is 2.63. The molecule has 1 aliphatic heterocycles. The van der Waals surface area contributed by atoms with Crippen molar-refractivity contribution in [2.45, 2.75) is 45.6 Å². The summed E-state index contributed by atoms with van der Waals surface area (Å²) in [5.41, 5.74) is 3.12. The second-order valence-electron chi connectivity index (χ2n) is 5.16. The van der Waals surface area contributed by atoms with Crippen molar-refractivity contribution in [1.82, 2.24) is 0 Å². The Morgan fingerprint density at radius 2 is 2.05 bits per heavy atom. The number of hydrogen-bond donors (Lipinski definition) is 1. The van der Waals surface area contributed by atoms with Gasteiger partial charge in [0.2, 0.25) is 5.91 Å². The number of ether oxygens (including phenoxy) is 1. The lowest BCUT2D eigenvalue weighted by Gasteiger charge is -2.22. The fourth-order valence-electron chi connectivity index (χ4n) is 2.41. The maximum atomic E-state index is 12.0. The quantitative estimate of drug-likeness (QED) is 0.913. The van der Waals surface area contributed by atoms with Gasteiger partial charge in [-0.25, -0.2) is 0 Å². The first-order valence-electron chi connectivity index (χ1n) is 6.74. The Hall–Kier alpha value is -0.870. The Balaban J connectivity index is 1.94. The van der Waals surface area contributed by atoms with Gasteiger partial charge in [-0.15, -0.1) is 0 Å². The van der Waals surface area contributed by atoms with Crippen molar-refractivity contribution in [3.63, 3.8) is 0 Å². The monoisotopic (exact) mass is 325 g/mol. The largest absolute Gasteiger partial charge is 0.378 e. The number of nitrogens with one attached hydrogen (secondary N) is 1. The summed E-state index contributed by atoms with van der Waals surface area (Å²) in [5.74, 6) is 0.0352. The number of rotatable bonds is 3. The average Bonchev–Trinajstić information content (AvgIpc) is 2.37. The first kappa shape index (κ1) is 14.5. The number of anilines is 1. The number of benzene rings is 1. The number of carbonyl (C=O) groups excluding carboxylic acids is 1. The lowest BCUT2D eigenvalue weighted by atomic mass is 10.1. The molecule has 1 heterocycles. The van der Waals surface area contributed by atoms with E-state index in [1.54, 1.807) is 0 Å². The van der Waals surface area contributed by atoms with Crippen LogP contribution in [0.25, 0.3) is 0 Å². The zero-order valence-electron chi connectivity index (χ0n) is 11.5. The topological polar surface area (TPSA) is 38.3 Å². The van der Waals surface area contributed by atoms with E-state index in [0.717, 1.165) is 47.2 Å². The SMILES string of the molecule is Cc1cc(NC(=O)CC2CCCCO2)cc(C)c1Br. The van der Waals surface area contributed by atoms with Gasteiger partial charge in [0.05, 0.1) is 12.5 Å². The van der Waals surface area contributed by atoms with E-state index in [2.05, 4.69) is 21.2 Å². The third kappa shape index (κ3) is 4.05. The molecule has 19 heavy (non-hydrogen) atoms. The molecule has 0 aromatic heterocycles. The normalized spacial score (nSPS) is 19.2. The lowest BCUT2D eigenvalue weighted by Crippen LogP contribution is -2.25. The van der Waals surface area contributed by atoms with Gasteiger partial charge in [0.1, 0.15) is 0 Å². The third-order valence-corrected chi connectivity index (χ3v) is 4.66. The van der Waals surface area contributed by atoms with Crippen LogP contribution in [0.1, 0.15) is 36.8 Å². The second-order valence-corrected chi connectivity index (χ2v) is 5.96. The van der Waals surface area contributed by atoms with E-state index in [0.29, 0.717) is 6.42 Å². The number of aryl methyl sites for hydroxylation is 2. The van der Waals surface area contributed by atoms with Crippen LogP contribution in [0.5, 0.6) is 0 Å². The standard InChI is InChI=1S/C15H20BrNO2/c1-10-7-12(8-11(2)15(10)16)17-14(18)9-13-5-3-4-6-19-13/h7-8,13H,3-6,9H2,1-2H3,(H,17,18). The molecule has 1 atom stereocenters. The molecule has 1 fully saturated rings. The highest BCUT2D eigenvalue weighted by Gasteiger charge is 2.17. The molecule has 1 aromatic carbocycles. The number of hydrogen-bond acceptors (Lipinski definition) is 2. The molecule has 0 radical (unpaired) electrons. The Labute approximate surface area is 122 Å². The van der Waals surface area contributed by atoms with Crippen LogP contribution < -0.4 is 5.32 Å². The predicted molar refractivity (Wildman–Crippen MR) is 80.5 cm³/mol. The molecule has 0 spiro atoms. The number of halogens is 1. The van der Waals surface area contributed by atoms with Crippen molar-refractivity contribution in [2.75, 3.05) is 11.9 Å². The second kappa shape index (κ2) is 6.53. The van der Waals surface area contributed by atoms with Gasteiger partial charge in [-0.1, -0.05) is 15.9 Å². The molecule has 0 saturated carbocycles. The van der Waals surface area contributed by atoms with Crippen molar-refractivity contribution in [1.29, 1.82) is 0 Å². The Bertz CT molecular complexity index is 444. The van der Waals surface area contributed by atoms with Gasteiger partial charge in [0, 0.05) is 16.8 Å². The summed E-state index contributed by atoms with van der Waals surface area (Å²) in [6.07, 6.45) is 3.81. The Kier molecular flexibility index (Phi) is 4.99. The molecule has 1 unspecified atom stereocenters. The van der Waals surface area contributed by atoms with Gasteiger partial charge in [0.25, 0.3) is 0 Å². The molecule has 1 aromatic rings. The zero-order chi connectivity index (χ0) is 13.8. The minimum Gasteiger partial charge on any atom is -0.378 e. The zero-order valence-corrected chi connectivity index (χ0v) is 13.0. The van der Waals surface area contributed by atoms with Crippen LogP contribution in [0, 0.1) is 13.8 Å². The molecule has 1 amide bonds. The van der Waals surface area contributed by atoms with Gasteiger partial charge >= 0.3 is 0 Å². The molecule has 1 N–H and O–H groups in total. The third-order valence-electron chi connectivity index (χ3n) is 3.41.